The van der Waals surface area contributed by atoms with Crippen LogP contribution in [-0.4, -0.2) is 33.2 Å². The lowest BCUT2D eigenvalue weighted by atomic mass is 10.1. The van der Waals surface area contributed by atoms with Crippen molar-refractivity contribution in [2.24, 2.45) is 0 Å². The summed E-state index contributed by atoms with van der Waals surface area (Å²) in [5.41, 5.74) is 1.64. The van der Waals surface area contributed by atoms with Crippen LogP contribution in [0.4, 0.5) is 5.69 Å². The average molecular weight is 425 g/mol. The fraction of sp³-hybridized carbons (Fsp3) is 0.350. The highest BCUT2D eigenvalue weighted by Crippen LogP contribution is 2.21. The van der Waals surface area contributed by atoms with Crippen molar-refractivity contribution in [1.29, 1.82) is 0 Å². The van der Waals surface area contributed by atoms with Crippen molar-refractivity contribution >= 4 is 33.2 Å². The molecular formula is C20H25ClN2O4S. The van der Waals surface area contributed by atoms with E-state index < -0.39 is 10.0 Å². The molecule has 0 spiro atoms. The van der Waals surface area contributed by atoms with Crippen molar-refractivity contribution in [3.05, 3.63) is 58.6 Å². The molecule has 0 saturated heterocycles. The van der Waals surface area contributed by atoms with E-state index >= 15 is 0 Å². The van der Waals surface area contributed by atoms with E-state index in [0.717, 1.165) is 30.4 Å². The number of carbonyl (C=O) groups is 1. The quantitative estimate of drug-likeness (QED) is 0.598. The summed E-state index contributed by atoms with van der Waals surface area (Å²) in [6.07, 6.45) is 2.70. The summed E-state index contributed by atoms with van der Waals surface area (Å²) in [6.45, 7) is 4.43. The van der Waals surface area contributed by atoms with Gasteiger partial charge in [-0.15, -0.1) is 0 Å². The second-order valence-electron chi connectivity index (χ2n) is 6.74. The number of benzene rings is 2. The highest BCUT2D eigenvalue weighted by Gasteiger charge is 2.12. The van der Waals surface area contributed by atoms with Crippen LogP contribution < -0.4 is 14.8 Å². The van der Waals surface area contributed by atoms with Crippen molar-refractivity contribution < 1.29 is 17.9 Å². The summed E-state index contributed by atoms with van der Waals surface area (Å²) in [7, 11) is -3.43. The first-order valence-electron chi connectivity index (χ1n) is 8.95. The summed E-state index contributed by atoms with van der Waals surface area (Å²) in [4.78, 5) is 12.4. The molecule has 1 amide bonds. The van der Waals surface area contributed by atoms with Gasteiger partial charge in [-0.3, -0.25) is 9.52 Å². The largest absolute Gasteiger partial charge is 0.491 e. The van der Waals surface area contributed by atoms with Gasteiger partial charge in [0.1, 0.15) is 5.75 Å². The van der Waals surface area contributed by atoms with Crippen LogP contribution in [0.1, 0.15) is 36.2 Å². The molecule has 0 radical (unpaired) electrons. The van der Waals surface area contributed by atoms with Crippen LogP contribution >= 0.6 is 11.6 Å². The fourth-order valence-corrected chi connectivity index (χ4v) is 3.37. The number of anilines is 1. The van der Waals surface area contributed by atoms with Gasteiger partial charge in [0, 0.05) is 12.2 Å². The van der Waals surface area contributed by atoms with Crippen molar-refractivity contribution in [3.63, 3.8) is 0 Å². The van der Waals surface area contributed by atoms with Gasteiger partial charge in [0.05, 0.1) is 22.9 Å². The van der Waals surface area contributed by atoms with E-state index in [1.165, 1.54) is 18.2 Å². The molecule has 28 heavy (non-hydrogen) atoms. The van der Waals surface area contributed by atoms with E-state index in [9.17, 15) is 13.2 Å². The zero-order valence-corrected chi connectivity index (χ0v) is 17.7. The van der Waals surface area contributed by atoms with E-state index in [1.54, 1.807) is 0 Å². The summed E-state index contributed by atoms with van der Waals surface area (Å²) >= 11 is 6.08. The average Bonchev–Trinajstić information content (AvgIpc) is 2.59. The van der Waals surface area contributed by atoms with Gasteiger partial charge in [0.25, 0.3) is 5.91 Å². The molecule has 2 N–H and O–H groups in total. The van der Waals surface area contributed by atoms with E-state index in [2.05, 4.69) is 10.0 Å². The molecule has 0 heterocycles. The molecule has 0 saturated carbocycles. The highest BCUT2D eigenvalue weighted by molar-refractivity contribution is 7.92. The lowest BCUT2D eigenvalue weighted by molar-refractivity contribution is 0.0953. The number of aryl methyl sites for hydroxylation is 1. The van der Waals surface area contributed by atoms with Gasteiger partial charge in [0.15, 0.2) is 0 Å². The SMILES string of the molecule is CC(C)Oc1cccc(CCCNC(=O)c2cc(NS(C)(=O)=O)ccc2Cl)c1. The smallest absolute Gasteiger partial charge is 0.252 e. The summed E-state index contributed by atoms with van der Waals surface area (Å²) in [5.74, 6) is 0.484. The molecule has 0 aromatic heterocycles. The minimum atomic E-state index is -3.43. The number of carbonyl (C=O) groups excluding carboxylic acids is 1. The Morgan fingerprint density at radius 3 is 2.61 bits per heavy atom. The Balaban J connectivity index is 1.90. The Labute approximate surface area is 171 Å². The fourth-order valence-electron chi connectivity index (χ4n) is 2.61. The molecule has 6 nitrogen and oxygen atoms in total. The molecule has 0 fully saturated rings. The van der Waals surface area contributed by atoms with E-state index in [-0.39, 0.29) is 22.6 Å². The van der Waals surface area contributed by atoms with Crippen molar-refractivity contribution in [3.8, 4) is 5.75 Å². The van der Waals surface area contributed by atoms with E-state index in [1.807, 2.05) is 38.1 Å². The standard InChI is InChI=1S/C20H25ClN2O4S/c1-14(2)27-17-8-4-6-15(12-17)7-5-11-22-20(24)18-13-16(9-10-19(18)21)23-28(3,25)26/h4,6,8-10,12-14,23H,5,7,11H2,1-3H3,(H,22,24). The zero-order valence-electron chi connectivity index (χ0n) is 16.2. The molecule has 0 unspecified atom stereocenters. The second kappa shape index (κ2) is 9.80. The Morgan fingerprint density at radius 1 is 1.18 bits per heavy atom. The number of amides is 1. The number of nitrogens with one attached hydrogen (secondary N) is 2. The number of ether oxygens (including phenoxy) is 1. The molecule has 0 aliphatic heterocycles. The third-order valence-electron chi connectivity index (χ3n) is 3.71. The highest BCUT2D eigenvalue weighted by atomic mass is 35.5. The number of sulfonamides is 1. The maximum absolute atomic E-state index is 12.4. The maximum atomic E-state index is 12.4. The lowest BCUT2D eigenvalue weighted by Gasteiger charge is -2.11. The normalized spacial score (nSPS) is 11.3. The van der Waals surface area contributed by atoms with Gasteiger partial charge in [-0.1, -0.05) is 23.7 Å². The second-order valence-corrected chi connectivity index (χ2v) is 8.90. The zero-order chi connectivity index (χ0) is 20.7. The number of hydrogen-bond acceptors (Lipinski definition) is 4. The molecule has 152 valence electrons. The summed E-state index contributed by atoms with van der Waals surface area (Å²) < 4.78 is 30.7. The maximum Gasteiger partial charge on any atom is 0.252 e. The predicted octanol–water partition coefficient (Wildman–Crippen LogP) is 3.86. The van der Waals surface area contributed by atoms with Gasteiger partial charge in [-0.05, 0) is 62.6 Å². The summed E-state index contributed by atoms with van der Waals surface area (Å²) in [5, 5.41) is 3.07. The Hall–Kier alpha value is -2.25. The van der Waals surface area contributed by atoms with Crippen LogP contribution in [0, 0.1) is 0 Å². The van der Waals surface area contributed by atoms with Gasteiger partial charge < -0.3 is 10.1 Å². The number of halogens is 1. The molecule has 0 atom stereocenters. The van der Waals surface area contributed by atoms with Crippen LogP contribution in [0.5, 0.6) is 5.75 Å². The molecule has 0 aliphatic carbocycles. The van der Waals surface area contributed by atoms with Crippen LogP contribution in [-0.2, 0) is 16.4 Å². The number of rotatable bonds is 9. The Morgan fingerprint density at radius 2 is 1.93 bits per heavy atom. The van der Waals surface area contributed by atoms with Crippen molar-refractivity contribution in [2.45, 2.75) is 32.8 Å². The van der Waals surface area contributed by atoms with Gasteiger partial charge in [0.2, 0.25) is 10.0 Å². The molecular weight excluding hydrogens is 400 g/mol. The molecule has 8 heteroatoms. The molecule has 0 aliphatic rings. The van der Waals surface area contributed by atoms with Crippen LogP contribution in [0.2, 0.25) is 5.02 Å². The molecule has 0 bridgehead atoms. The summed E-state index contributed by atoms with van der Waals surface area (Å²) in [6, 6.07) is 12.3. The van der Waals surface area contributed by atoms with Gasteiger partial charge in [-0.2, -0.15) is 0 Å². The van der Waals surface area contributed by atoms with Crippen LogP contribution in [0.15, 0.2) is 42.5 Å². The first-order valence-corrected chi connectivity index (χ1v) is 11.2. The van der Waals surface area contributed by atoms with Crippen LogP contribution in [0.25, 0.3) is 0 Å². The van der Waals surface area contributed by atoms with E-state index in [0.29, 0.717) is 12.2 Å². The number of hydrogen-bond donors (Lipinski definition) is 2. The predicted molar refractivity (Wildman–Crippen MR) is 113 cm³/mol. The van der Waals surface area contributed by atoms with Gasteiger partial charge >= 0.3 is 0 Å². The van der Waals surface area contributed by atoms with Gasteiger partial charge in [-0.25, -0.2) is 8.42 Å². The molecule has 2 rings (SSSR count). The molecule has 2 aromatic rings. The monoisotopic (exact) mass is 424 g/mol. The lowest BCUT2D eigenvalue weighted by Crippen LogP contribution is -2.25. The topological polar surface area (TPSA) is 84.5 Å². The minimum Gasteiger partial charge on any atom is -0.491 e. The Bertz CT molecular complexity index is 930. The van der Waals surface area contributed by atoms with Crippen molar-refractivity contribution in [1.82, 2.24) is 5.32 Å². The Kier molecular flexibility index (Phi) is 7.71. The van der Waals surface area contributed by atoms with Crippen LogP contribution in [0.3, 0.4) is 0 Å². The third-order valence-corrected chi connectivity index (χ3v) is 4.65. The first-order chi connectivity index (χ1) is 13.1. The first kappa shape index (κ1) is 22.0. The van der Waals surface area contributed by atoms with E-state index in [4.69, 9.17) is 16.3 Å². The van der Waals surface area contributed by atoms with Crippen molar-refractivity contribution in [2.75, 3.05) is 17.5 Å². The molecule has 2 aromatic carbocycles. The minimum absolute atomic E-state index is 0.118. The third kappa shape index (κ3) is 7.40.